The molecule has 4 N–H and O–H groups in total. The molecular weight excluding hydrogens is 539 g/mol. The highest BCUT2D eigenvalue weighted by molar-refractivity contribution is 6.08. The molecule has 0 aromatic heterocycles. The Labute approximate surface area is 213 Å². The van der Waals surface area contributed by atoms with Crippen molar-refractivity contribution in [3.05, 3.63) is 81.9 Å². The van der Waals surface area contributed by atoms with E-state index in [1.165, 1.54) is 18.2 Å². The van der Waals surface area contributed by atoms with Crippen molar-refractivity contribution >= 4 is 23.9 Å². The normalized spacial score (nSPS) is 14.5. The minimum Gasteiger partial charge on any atom is -0.478 e. The van der Waals surface area contributed by atoms with E-state index in [0.717, 1.165) is 12.1 Å². The summed E-state index contributed by atoms with van der Waals surface area (Å²) in [5, 5.41) is 38.4. The van der Waals surface area contributed by atoms with E-state index in [-0.39, 0.29) is 11.6 Å². The average Bonchev–Trinajstić information content (AvgIpc) is 2.84. The van der Waals surface area contributed by atoms with Gasteiger partial charge in [0.1, 0.15) is 11.5 Å². The zero-order valence-corrected chi connectivity index (χ0v) is 18.9. The number of hydrogen-bond acceptors (Lipinski definition) is 5. The summed E-state index contributed by atoms with van der Waals surface area (Å²) in [6.45, 7) is 0. The summed E-state index contributed by atoms with van der Waals surface area (Å²) in [6.07, 6.45) is -6.29. The van der Waals surface area contributed by atoms with E-state index in [2.05, 4.69) is 0 Å². The van der Waals surface area contributed by atoms with Crippen LogP contribution in [0.25, 0.3) is 11.1 Å². The monoisotopic (exact) mass is 552 g/mol. The third-order valence-corrected chi connectivity index (χ3v) is 6.01. The smallest absolute Gasteiger partial charge is 0.454 e. The highest BCUT2D eigenvalue weighted by Crippen LogP contribution is 2.59. The second kappa shape index (κ2) is 9.08. The molecule has 0 radical (unpaired) electrons. The van der Waals surface area contributed by atoms with Gasteiger partial charge in [-0.3, -0.25) is 0 Å². The van der Waals surface area contributed by atoms with E-state index in [1.54, 1.807) is 0 Å². The largest absolute Gasteiger partial charge is 0.478 e. The molecule has 0 spiro atoms. The maximum Gasteiger partial charge on any atom is 0.454 e. The van der Waals surface area contributed by atoms with Crippen LogP contribution < -0.4 is 4.74 Å². The van der Waals surface area contributed by atoms with Crippen molar-refractivity contribution in [1.82, 2.24) is 0 Å². The van der Waals surface area contributed by atoms with Crippen molar-refractivity contribution in [3.8, 4) is 22.6 Å². The molecule has 1 atom stereocenters. The molecule has 1 aliphatic heterocycles. The van der Waals surface area contributed by atoms with Crippen LogP contribution in [-0.2, 0) is 0 Å². The first-order valence-electron chi connectivity index (χ1n) is 10.6. The first-order chi connectivity index (χ1) is 18.1. The summed E-state index contributed by atoms with van der Waals surface area (Å²) in [5.41, 5.74) is -7.58. The van der Waals surface area contributed by atoms with Gasteiger partial charge in [0.05, 0.1) is 28.2 Å². The molecule has 1 aliphatic rings. The molecule has 3 aromatic rings. The third kappa shape index (κ3) is 4.28. The van der Waals surface area contributed by atoms with Gasteiger partial charge in [-0.25, -0.2) is 19.2 Å². The lowest BCUT2D eigenvalue weighted by atomic mass is 9.76. The van der Waals surface area contributed by atoms with E-state index in [9.17, 15) is 52.8 Å². The van der Waals surface area contributed by atoms with Crippen LogP contribution in [0.2, 0.25) is 0 Å². The Hall–Kier alpha value is -5.01. The molecule has 0 bridgehead atoms. The standard InChI is InChI=1S/C25H13F5O9/c26-24(27,25(28,29)30)19-12-6-10(20(31)32)11(21(33)34)7-14(12)39-15-8-13(22(35)36)17(23(37)38)16(18(15)19)9-4-2-1-3-5-9/h1-8,19H,(H,31,32)(H,33,34)(H,35,36)(H,37,38). The van der Waals surface area contributed by atoms with Crippen molar-refractivity contribution < 1.29 is 66.3 Å². The van der Waals surface area contributed by atoms with Gasteiger partial charge in [0.2, 0.25) is 0 Å². The van der Waals surface area contributed by atoms with Crippen molar-refractivity contribution in [2.75, 3.05) is 0 Å². The molecule has 3 aromatic carbocycles. The van der Waals surface area contributed by atoms with E-state index >= 15 is 8.78 Å². The number of carboxylic acids is 4. The first-order valence-corrected chi connectivity index (χ1v) is 10.6. The lowest BCUT2D eigenvalue weighted by Crippen LogP contribution is -2.44. The molecular formula is C25H13F5O9. The molecule has 1 heterocycles. The van der Waals surface area contributed by atoms with Gasteiger partial charge in [-0.2, -0.15) is 22.0 Å². The van der Waals surface area contributed by atoms with Gasteiger partial charge in [-0.1, -0.05) is 30.3 Å². The van der Waals surface area contributed by atoms with Gasteiger partial charge in [0.25, 0.3) is 0 Å². The zero-order valence-electron chi connectivity index (χ0n) is 18.9. The predicted molar refractivity (Wildman–Crippen MR) is 119 cm³/mol. The summed E-state index contributed by atoms with van der Waals surface area (Å²) in [7, 11) is 0. The summed E-state index contributed by atoms with van der Waals surface area (Å²) < 4.78 is 77.7. The van der Waals surface area contributed by atoms with Crippen LogP contribution in [0.3, 0.4) is 0 Å². The number of carboxylic acid groups (broad SMARTS) is 4. The average molecular weight is 552 g/mol. The number of fused-ring (bicyclic) bond motifs is 2. The molecule has 202 valence electrons. The number of halogens is 5. The topological polar surface area (TPSA) is 158 Å². The highest BCUT2D eigenvalue weighted by Gasteiger charge is 2.65. The van der Waals surface area contributed by atoms with E-state index in [1.807, 2.05) is 0 Å². The number of aromatic carboxylic acids is 4. The summed E-state index contributed by atoms with van der Waals surface area (Å²) in [4.78, 5) is 47.5. The lowest BCUT2D eigenvalue weighted by Gasteiger charge is -2.36. The van der Waals surface area contributed by atoms with E-state index in [0.29, 0.717) is 12.1 Å². The Morgan fingerprint density at radius 2 is 1.21 bits per heavy atom. The number of rotatable bonds is 6. The van der Waals surface area contributed by atoms with Crippen molar-refractivity contribution in [2.45, 2.75) is 18.0 Å². The number of alkyl halides is 5. The lowest BCUT2D eigenvalue weighted by molar-refractivity contribution is -0.287. The maximum atomic E-state index is 15.3. The van der Waals surface area contributed by atoms with Crippen molar-refractivity contribution in [2.24, 2.45) is 0 Å². The number of benzene rings is 3. The fraction of sp³-hybridized carbons (Fsp3) is 0.120. The molecule has 0 amide bonds. The number of hydrogen-bond donors (Lipinski definition) is 4. The van der Waals surface area contributed by atoms with Crippen LogP contribution in [0.4, 0.5) is 22.0 Å². The van der Waals surface area contributed by atoms with Crippen LogP contribution in [0, 0.1) is 0 Å². The number of carbonyl (C=O) groups is 4. The second-order valence-corrected chi connectivity index (χ2v) is 8.26. The van der Waals surface area contributed by atoms with Gasteiger partial charge in [-0.05, 0) is 23.8 Å². The fourth-order valence-corrected chi connectivity index (χ4v) is 4.42. The molecule has 0 fully saturated rings. The molecule has 4 rings (SSSR count). The molecule has 0 aliphatic carbocycles. The van der Waals surface area contributed by atoms with Crippen LogP contribution in [-0.4, -0.2) is 56.4 Å². The molecule has 0 saturated heterocycles. The summed E-state index contributed by atoms with van der Waals surface area (Å²) >= 11 is 0. The Balaban J connectivity index is 2.26. The van der Waals surface area contributed by atoms with Gasteiger partial charge in [0, 0.05) is 16.7 Å². The first kappa shape index (κ1) is 27.0. The summed E-state index contributed by atoms with van der Waals surface area (Å²) in [6, 6.07) is 7.43. The molecule has 39 heavy (non-hydrogen) atoms. The minimum absolute atomic E-state index is 0.259. The van der Waals surface area contributed by atoms with E-state index in [4.69, 9.17) is 4.74 Å². The van der Waals surface area contributed by atoms with Crippen molar-refractivity contribution in [1.29, 1.82) is 0 Å². The Kier molecular flexibility index (Phi) is 6.29. The Morgan fingerprint density at radius 3 is 1.69 bits per heavy atom. The van der Waals surface area contributed by atoms with Crippen molar-refractivity contribution in [3.63, 3.8) is 0 Å². The SMILES string of the molecule is O=C(O)c1cc2c(cc1C(=O)O)C(C(F)(F)C(F)(F)F)c1c(cc(C(=O)O)c(C(=O)O)c1-c1ccccc1)O2. The van der Waals surface area contributed by atoms with Crippen LogP contribution >= 0.6 is 0 Å². The fourth-order valence-electron chi connectivity index (χ4n) is 4.42. The predicted octanol–water partition coefficient (Wildman–Crippen LogP) is 5.58. The molecule has 14 heteroatoms. The second-order valence-electron chi connectivity index (χ2n) is 8.26. The van der Waals surface area contributed by atoms with E-state index < -0.39 is 92.3 Å². The van der Waals surface area contributed by atoms with Gasteiger partial charge < -0.3 is 25.2 Å². The molecule has 0 saturated carbocycles. The van der Waals surface area contributed by atoms with Crippen LogP contribution in [0.1, 0.15) is 58.5 Å². The Morgan fingerprint density at radius 1 is 0.692 bits per heavy atom. The minimum atomic E-state index is -6.29. The van der Waals surface area contributed by atoms with Gasteiger partial charge >= 0.3 is 36.0 Å². The Bertz CT molecular complexity index is 1560. The van der Waals surface area contributed by atoms with Crippen LogP contribution in [0.15, 0.2) is 48.5 Å². The van der Waals surface area contributed by atoms with Gasteiger partial charge in [-0.15, -0.1) is 0 Å². The quantitative estimate of drug-likeness (QED) is 0.286. The van der Waals surface area contributed by atoms with Gasteiger partial charge in [0.15, 0.2) is 0 Å². The molecule has 1 unspecified atom stereocenters. The maximum absolute atomic E-state index is 15.3. The summed E-state index contributed by atoms with van der Waals surface area (Å²) in [5.74, 6) is -18.4. The third-order valence-electron chi connectivity index (χ3n) is 6.01. The molecule has 9 nitrogen and oxygen atoms in total. The zero-order chi connectivity index (χ0) is 29.0. The van der Waals surface area contributed by atoms with Crippen LogP contribution in [0.5, 0.6) is 11.5 Å². The highest BCUT2D eigenvalue weighted by atomic mass is 19.4. The number of ether oxygens (including phenoxy) is 1.